The van der Waals surface area contributed by atoms with Crippen LogP contribution in [0.4, 0.5) is 10.8 Å². The van der Waals surface area contributed by atoms with Crippen LogP contribution >= 0.6 is 11.3 Å². The third kappa shape index (κ3) is 4.32. The first-order valence-electron chi connectivity index (χ1n) is 9.81. The smallest absolute Gasteiger partial charge is 0.191 e. The van der Waals surface area contributed by atoms with Crippen LogP contribution < -0.4 is 20.3 Å². The van der Waals surface area contributed by atoms with Crippen molar-refractivity contribution >= 4 is 28.1 Å². The first kappa shape index (κ1) is 18.9. The lowest BCUT2D eigenvalue weighted by Crippen LogP contribution is -2.51. The summed E-state index contributed by atoms with van der Waals surface area (Å²) in [4.78, 5) is 16.0. The van der Waals surface area contributed by atoms with Crippen LogP contribution in [0.15, 0.2) is 40.8 Å². The molecule has 0 radical (unpaired) electrons. The summed E-state index contributed by atoms with van der Waals surface area (Å²) in [5.41, 5.74) is 7.51. The molecular weight excluding hydrogens is 372 g/mol. The predicted octanol–water partition coefficient (Wildman–Crippen LogP) is 2.11. The summed E-state index contributed by atoms with van der Waals surface area (Å²) in [5, 5.41) is 3.12. The van der Waals surface area contributed by atoms with Gasteiger partial charge in [-0.15, -0.1) is 11.3 Å². The topological polar surface area (TPSA) is 70.2 Å². The molecule has 0 spiro atoms. The van der Waals surface area contributed by atoms with Gasteiger partial charge in [-0.25, -0.2) is 4.98 Å². The average Bonchev–Trinajstić information content (AvgIpc) is 3.44. The van der Waals surface area contributed by atoms with Crippen molar-refractivity contribution in [1.29, 1.82) is 0 Å². The number of aromatic nitrogens is 1. The second kappa shape index (κ2) is 8.68. The number of hydrogen-bond acceptors (Lipinski definition) is 6. The molecule has 2 fully saturated rings. The number of nitrogens with two attached hydrogens (primary N) is 1. The fourth-order valence-corrected chi connectivity index (χ4v) is 4.54. The molecule has 2 aliphatic rings. The summed E-state index contributed by atoms with van der Waals surface area (Å²) in [5.74, 6) is 2.13. The van der Waals surface area contributed by atoms with Crippen LogP contribution in [-0.2, 0) is 0 Å². The number of ether oxygens (including phenoxy) is 1. The van der Waals surface area contributed by atoms with Gasteiger partial charge in [0.15, 0.2) is 11.1 Å². The number of piperazine rings is 1. The van der Waals surface area contributed by atoms with Crippen LogP contribution in [0.1, 0.15) is 6.42 Å². The number of benzene rings is 1. The summed E-state index contributed by atoms with van der Waals surface area (Å²) < 4.78 is 5.34. The van der Waals surface area contributed by atoms with E-state index in [-0.39, 0.29) is 0 Å². The first-order valence-corrected chi connectivity index (χ1v) is 10.7. The number of aliphatic imine (C=N–C) groups is 1. The van der Waals surface area contributed by atoms with Gasteiger partial charge in [0.1, 0.15) is 5.75 Å². The molecule has 1 aromatic heterocycles. The van der Waals surface area contributed by atoms with Crippen LogP contribution in [0.25, 0.3) is 0 Å². The molecule has 1 unspecified atom stereocenters. The summed E-state index contributed by atoms with van der Waals surface area (Å²) in [6.07, 6.45) is 3.00. The van der Waals surface area contributed by atoms with Gasteiger partial charge in [0.25, 0.3) is 0 Å². The lowest BCUT2D eigenvalue weighted by Gasteiger charge is -2.35. The minimum absolute atomic E-state index is 0.543. The fraction of sp³-hybridized carbons (Fsp3) is 0.500. The highest BCUT2D eigenvalue weighted by Gasteiger charge is 2.24. The molecular formula is C20H28N6OS. The van der Waals surface area contributed by atoms with Crippen LogP contribution in [-0.4, -0.2) is 68.8 Å². The Morgan fingerprint density at radius 2 is 2.11 bits per heavy atom. The average molecular weight is 401 g/mol. The molecule has 0 aliphatic carbocycles. The Labute approximate surface area is 170 Å². The summed E-state index contributed by atoms with van der Waals surface area (Å²) >= 11 is 1.69. The minimum atomic E-state index is 0.543. The van der Waals surface area contributed by atoms with Crippen LogP contribution in [0.5, 0.6) is 5.75 Å². The highest BCUT2D eigenvalue weighted by molar-refractivity contribution is 7.13. The molecule has 4 rings (SSSR count). The number of nitrogens with zero attached hydrogens (tertiary/aromatic N) is 5. The fourth-order valence-electron chi connectivity index (χ4n) is 3.84. The summed E-state index contributed by atoms with van der Waals surface area (Å²) in [6.45, 7) is 6.54. The van der Waals surface area contributed by atoms with E-state index < -0.39 is 0 Å². The monoisotopic (exact) mass is 400 g/mol. The summed E-state index contributed by atoms with van der Waals surface area (Å²) in [6, 6.07) is 8.27. The molecule has 2 aromatic rings. The van der Waals surface area contributed by atoms with E-state index in [0.29, 0.717) is 11.9 Å². The molecule has 1 aromatic carbocycles. The molecule has 7 nitrogen and oxygen atoms in total. The molecule has 0 saturated carbocycles. The van der Waals surface area contributed by atoms with Crippen molar-refractivity contribution < 1.29 is 4.74 Å². The Balaban J connectivity index is 1.26. The van der Waals surface area contributed by atoms with Gasteiger partial charge >= 0.3 is 0 Å². The molecule has 2 aliphatic heterocycles. The Morgan fingerprint density at radius 1 is 1.25 bits per heavy atom. The second-order valence-corrected chi connectivity index (χ2v) is 8.16. The highest BCUT2D eigenvalue weighted by atomic mass is 32.1. The molecule has 150 valence electrons. The Kier molecular flexibility index (Phi) is 5.85. The molecule has 2 saturated heterocycles. The van der Waals surface area contributed by atoms with Gasteiger partial charge in [-0.05, 0) is 24.5 Å². The standard InChI is InChI=1S/C20H28N6OS/c1-27-18-4-2-3-17(13-18)26-7-5-16(15-26)14-23-19(21)24-8-10-25(11-9-24)20-22-6-12-28-20/h2-4,6,12-13,16H,5,7-11,14-15H2,1H3,(H2,21,23). The lowest BCUT2D eigenvalue weighted by molar-refractivity contribution is 0.379. The number of anilines is 2. The van der Waals surface area contributed by atoms with Gasteiger partial charge in [0.05, 0.1) is 7.11 Å². The van der Waals surface area contributed by atoms with Gasteiger partial charge < -0.3 is 25.2 Å². The van der Waals surface area contributed by atoms with Crippen LogP contribution in [0.3, 0.4) is 0 Å². The van der Waals surface area contributed by atoms with E-state index in [0.717, 1.165) is 63.1 Å². The van der Waals surface area contributed by atoms with E-state index in [1.165, 1.54) is 5.69 Å². The maximum absolute atomic E-state index is 6.29. The molecule has 2 N–H and O–H groups in total. The third-order valence-electron chi connectivity index (χ3n) is 5.51. The van der Waals surface area contributed by atoms with E-state index >= 15 is 0 Å². The number of rotatable bonds is 5. The molecule has 0 bridgehead atoms. The van der Waals surface area contributed by atoms with Crippen LogP contribution in [0.2, 0.25) is 0 Å². The van der Waals surface area contributed by atoms with Crippen molar-refractivity contribution in [3.63, 3.8) is 0 Å². The molecule has 8 heteroatoms. The van der Waals surface area contributed by atoms with Crippen molar-refractivity contribution in [3.05, 3.63) is 35.8 Å². The van der Waals surface area contributed by atoms with E-state index in [4.69, 9.17) is 15.5 Å². The van der Waals surface area contributed by atoms with E-state index in [2.05, 4.69) is 31.8 Å². The van der Waals surface area contributed by atoms with Gasteiger partial charge in [-0.3, -0.25) is 4.99 Å². The van der Waals surface area contributed by atoms with E-state index in [1.807, 2.05) is 23.7 Å². The zero-order valence-electron chi connectivity index (χ0n) is 16.3. The Bertz CT molecular complexity index is 788. The predicted molar refractivity (Wildman–Crippen MR) is 116 cm³/mol. The number of methoxy groups -OCH3 is 1. The third-order valence-corrected chi connectivity index (χ3v) is 6.34. The SMILES string of the molecule is COc1cccc(N2CCC(CN=C(N)N3CCN(c4nccs4)CC3)C2)c1. The summed E-state index contributed by atoms with van der Waals surface area (Å²) in [7, 11) is 1.71. The quantitative estimate of drug-likeness (QED) is 0.612. The molecule has 3 heterocycles. The lowest BCUT2D eigenvalue weighted by atomic mass is 10.1. The van der Waals surface area contributed by atoms with Crippen molar-refractivity contribution in [3.8, 4) is 5.75 Å². The number of guanidine groups is 1. The van der Waals surface area contributed by atoms with E-state index in [9.17, 15) is 0 Å². The zero-order valence-corrected chi connectivity index (χ0v) is 17.1. The molecule has 0 amide bonds. The van der Waals surface area contributed by atoms with Gasteiger partial charge in [-0.1, -0.05) is 6.07 Å². The molecule has 1 atom stereocenters. The van der Waals surface area contributed by atoms with Gasteiger partial charge in [-0.2, -0.15) is 0 Å². The van der Waals surface area contributed by atoms with Gasteiger partial charge in [0.2, 0.25) is 0 Å². The maximum Gasteiger partial charge on any atom is 0.191 e. The van der Waals surface area contributed by atoms with Crippen LogP contribution in [0, 0.1) is 5.92 Å². The second-order valence-electron chi connectivity index (χ2n) is 7.29. The highest BCUT2D eigenvalue weighted by Crippen LogP contribution is 2.27. The van der Waals surface area contributed by atoms with Crippen molar-refractivity contribution in [1.82, 2.24) is 9.88 Å². The Morgan fingerprint density at radius 3 is 2.86 bits per heavy atom. The number of hydrogen-bond donors (Lipinski definition) is 1. The zero-order chi connectivity index (χ0) is 19.3. The van der Waals surface area contributed by atoms with Gasteiger partial charge in [0, 0.05) is 69.1 Å². The normalized spacial score (nSPS) is 20.7. The van der Waals surface area contributed by atoms with E-state index in [1.54, 1.807) is 18.4 Å². The maximum atomic E-state index is 6.29. The largest absolute Gasteiger partial charge is 0.497 e. The van der Waals surface area contributed by atoms with Crippen molar-refractivity contribution in [2.45, 2.75) is 6.42 Å². The van der Waals surface area contributed by atoms with Crippen molar-refractivity contribution in [2.75, 3.05) is 62.7 Å². The Hall–Kier alpha value is -2.48. The first-order chi connectivity index (χ1) is 13.7. The van der Waals surface area contributed by atoms with Crippen molar-refractivity contribution in [2.24, 2.45) is 16.6 Å². The number of thiazole rings is 1. The minimum Gasteiger partial charge on any atom is -0.497 e. The molecule has 28 heavy (non-hydrogen) atoms.